The Morgan fingerprint density at radius 2 is 2.14 bits per heavy atom. The molecule has 1 rings (SSSR count). The van der Waals surface area contributed by atoms with Crippen LogP contribution in [0, 0.1) is 0 Å². The zero-order chi connectivity index (χ0) is 15.8. The number of rotatable bonds is 8. The van der Waals surface area contributed by atoms with Crippen molar-refractivity contribution >= 4 is 31.1 Å². The Kier molecular flexibility index (Phi) is 7.11. The smallest absolute Gasteiger partial charge is 0.219 e. The van der Waals surface area contributed by atoms with Crippen LogP contribution in [0.4, 0.5) is 0 Å². The van der Waals surface area contributed by atoms with Crippen LogP contribution in [0.2, 0.25) is 0 Å². The van der Waals surface area contributed by atoms with Crippen molar-refractivity contribution in [1.29, 1.82) is 0 Å². The van der Waals surface area contributed by atoms with E-state index < -0.39 is 0 Å². The summed E-state index contributed by atoms with van der Waals surface area (Å²) in [6.45, 7) is 0.422. The van der Waals surface area contributed by atoms with Gasteiger partial charge in [-0.3, -0.25) is 14.5 Å². The molecule has 1 aromatic rings. The molecule has 1 unspecified atom stereocenters. The lowest BCUT2D eigenvalue weighted by molar-refractivity contribution is -0.121. The second-order valence-electron chi connectivity index (χ2n) is 4.79. The van der Waals surface area contributed by atoms with Crippen LogP contribution in [0.25, 0.3) is 0 Å². The summed E-state index contributed by atoms with van der Waals surface area (Å²) in [7, 11) is 3.35. The van der Waals surface area contributed by atoms with E-state index in [9.17, 15) is 14.4 Å². The molecule has 0 saturated heterocycles. The van der Waals surface area contributed by atoms with Crippen LogP contribution in [0.3, 0.4) is 0 Å². The summed E-state index contributed by atoms with van der Waals surface area (Å²) in [6, 6.07) is 4.91. The van der Waals surface area contributed by atoms with Gasteiger partial charge in [0.25, 0.3) is 0 Å². The molecule has 0 heterocycles. The highest BCUT2D eigenvalue weighted by atomic mass is 32.1. The minimum atomic E-state index is -0.380. The van der Waals surface area contributed by atoms with Gasteiger partial charge in [-0.05, 0) is 25.1 Å². The fraction of sp³-hybridized carbons (Fsp3) is 0.400. The average molecular weight is 308 g/mol. The number of carbonyl (C=O) groups is 3. The molecule has 0 bridgehead atoms. The molecular weight excluding hydrogens is 288 g/mol. The van der Waals surface area contributed by atoms with Gasteiger partial charge in [0, 0.05) is 30.5 Å². The molecule has 0 aromatic heterocycles. The highest BCUT2D eigenvalue weighted by molar-refractivity contribution is 7.80. The van der Waals surface area contributed by atoms with Gasteiger partial charge in [0.1, 0.15) is 12.6 Å². The molecule has 114 valence electrons. The van der Waals surface area contributed by atoms with Crippen LogP contribution >= 0.6 is 12.6 Å². The van der Waals surface area contributed by atoms with Crippen LogP contribution in [-0.4, -0.2) is 43.5 Å². The molecule has 21 heavy (non-hydrogen) atoms. The SMILES string of the molecule is CNC(=O)CCC(C=O)N(C)Cc1c(S)cccc1C=O. The number of aldehydes is 2. The Morgan fingerprint density at radius 1 is 1.43 bits per heavy atom. The van der Waals surface area contributed by atoms with Crippen LogP contribution in [0.1, 0.15) is 28.8 Å². The Morgan fingerprint density at radius 3 is 2.71 bits per heavy atom. The number of nitrogens with one attached hydrogen (secondary N) is 1. The number of likely N-dealkylation sites (N-methyl/N-ethyl adjacent to an activating group) is 1. The number of carbonyl (C=O) groups excluding carboxylic acids is 3. The topological polar surface area (TPSA) is 66.5 Å². The number of hydrogen-bond acceptors (Lipinski definition) is 5. The van der Waals surface area contributed by atoms with Crippen LogP contribution in [0.15, 0.2) is 23.1 Å². The standard InChI is InChI=1S/C15H20N2O3S/c1-16-15(20)7-6-12(10-19)17(2)8-13-11(9-18)4-3-5-14(13)21/h3-5,9-10,12,21H,6-8H2,1-2H3,(H,16,20). The molecular formula is C15H20N2O3S. The second-order valence-corrected chi connectivity index (χ2v) is 5.27. The third kappa shape index (κ3) is 4.99. The van der Waals surface area contributed by atoms with Crippen molar-refractivity contribution in [2.24, 2.45) is 0 Å². The minimum absolute atomic E-state index is 0.0987. The summed E-state index contributed by atoms with van der Waals surface area (Å²) in [5.41, 5.74) is 1.34. The van der Waals surface area contributed by atoms with Gasteiger partial charge in [-0.2, -0.15) is 0 Å². The summed E-state index contributed by atoms with van der Waals surface area (Å²) >= 11 is 4.36. The largest absolute Gasteiger partial charge is 0.359 e. The number of benzene rings is 1. The lowest BCUT2D eigenvalue weighted by Crippen LogP contribution is -2.34. The number of hydrogen-bond donors (Lipinski definition) is 2. The first-order chi connectivity index (χ1) is 10.0. The van der Waals surface area contributed by atoms with E-state index in [1.807, 2.05) is 4.90 Å². The van der Waals surface area contributed by atoms with Gasteiger partial charge >= 0.3 is 0 Å². The molecule has 6 heteroatoms. The fourth-order valence-corrected chi connectivity index (χ4v) is 2.32. The maximum atomic E-state index is 11.3. The van der Waals surface area contributed by atoms with Gasteiger partial charge in [-0.25, -0.2) is 0 Å². The lowest BCUT2D eigenvalue weighted by atomic mass is 10.1. The normalized spacial score (nSPS) is 12.0. The Balaban J connectivity index is 2.78. The summed E-state index contributed by atoms with van der Waals surface area (Å²) < 4.78 is 0. The summed E-state index contributed by atoms with van der Waals surface area (Å²) in [5, 5.41) is 2.53. The van der Waals surface area contributed by atoms with Crippen LogP contribution in [-0.2, 0) is 16.1 Å². The second kappa shape index (κ2) is 8.59. The van der Waals surface area contributed by atoms with E-state index in [0.717, 1.165) is 18.1 Å². The first-order valence-electron chi connectivity index (χ1n) is 6.65. The summed E-state index contributed by atoms with van der Waals surface area (Å²) in [5.74, 6) is -0.0987. The van der Waals surface area contributed by atoms with E-state index >= 15 is 0 Å². The fourth-order valence-electron chi connectivity index (χ4n) is 2.04. The molecule has 0 aliphatic rings. The number of amides is 1. The maximum absolute atomic E-state index is 11.3. The van der Waals surface area contributed by atoms with Crippen LogP contribution in [0.5, 0.6) is 0 Å². The molecule has 1 aromatic carbocycles. The molecule has 0 aliphatic heterocycles. The molecule has 5 nitrogen and oxygen atoms in total. The minimum Gasteiger partial charge on any atom is -0.359 e. The number of nitrogens with zero attached hydrogens (tertiary/aromatic N) is 1. The van der Waals surface area contributed by atoms with E-state index in [4.69, 9.17) is 0 Å². The van der Waals surface area contributed by atoms with Crippen molar-refractivity contribution in [2.75, 3.05) is 14.1 Å². The van der Waals surface area contributed by atoms with Crippen molar-refractivity contribution in [3.05, 3.63) is 29.3 Å². The first-order valence-corrected chi connectivity index (χ1v) is 7.10. The monoisotopic (exact) mass is 308 g/mol. The molecule has 1 atom stereocenters. The van der Waals surface area contributed by atoms with Crippen molar-refractivity contribution in [2.45, 2.75) is 30.3 Å². The zero-order valence-corrected chi connectivity index (χ0v) is 13.1. The van der Waals surface area contributed by atoms with Gasteiger partial charge in [-0.1, -0.05) is 12.1 Å². The molecule has 0 saturated carbocycles. The van der Waals surface area contributed by atoms with Gasteiger partial charge in [0.05, 0.1) is 6.04 Å². The molecule has 0 aliphatic carbocycles. The Hall–Kier alpha value is -1.66. The first kappa shape index (κ1) is 17.4. The van der Waals surface area contributed by atoms with Gasteiger partial charge in [-0.15, -0.1) is 12.6 Å². The molecule has 0 radical (unpaired) electrons. The summed E-state index contributed by atoms with van der Waals surface area (Å²) in [6.07, 6.45) is 2.33. The average Bonchev–Trinajstić information content (AvgIpc) is 2.49. The van der Waals surface area contributed by atoms with Crippen molar-refractivity contribution < 1.29 is 14.4 Å². The Bertz CT molecular complexity index is 520. The Labute approximate surface area is 130 Å². The predicted octanol–water partition coefficient (Wildman–Crippen LogP) is 1.31. The quantitative estimate of drug-likeness (QED) is 0.561. The lowest BCUT2D eigenvalue weighted by Gasteiger charge is -2.24. The third-order valence-electron chi connectivity index (χ3n) is 3.39. The van der Waals surface area contributed by atoms with Crippen molar-refractivity contribution in [3.8, 4) is 0 Å². The number of thiol groups is 1. The van der Waals surface area contributed by atoms with Crippen LogP contribution < -0.4 is 5.32 Å². The van der Waals surface area contributed by atoms with E-state index in [-0.39, 0.29) is 18.4 Å². The maximum Gasteiger partial charge on any atom is 0.219 e. The molecule has 1 amide bonds. The van der Waals surface area contributed by atoms with E-state index in [1.54, 1.807) is 32.3 Å². The van der Waals surface area contributed by atoms with Gasteiger partial charge in [0.15, 0.2) is 0 Å². The molecule has 1 N–H and O–H groups in total. The van der Waals surface area contributed by atoms with Gasteiger partial charge in [0.2, 0.25) is 5.91 Å². The van der Waals surface area contributed by atoms with Gasteiger partial charge < -0.3 is 10.1 Å². The molecule has 0 spiro atoms. The highest BCUT2D eigenvalue weighted by Gasteiger charge is 2.17. The molecule has 0 fully saturated rings. The van der Waals surface area contributed by atoms with E-state index in [2.05, 4.69) is 17.9 Å². The third-order valence-corrected chi connectivity index (χ3v) is 3.81. The van der Waals surface area contributed by atoms with E-state index in [1.165, 1.54) is 0 Å². The van der Waals surface area contributed by atoms with Crippen molar-refractivity contribution in [1.82, 2.24) is 10.2 Å². The highest BCUT2D eigenvalue weighted by Crippen LogP contribution is 2.20. The zero-order valence-electron chi connectivity index (χ0n) is 12.2. The van der Waals surface area contributed by atoms with Crippen molar-refractivity contribution in [3.63, 3.8) is 0 Å². The summed E-state index contributed by atoms with van der Waals surface area (Å²) in [4.78, 5) is 36.1. The van der Waals surface area contributed by atoms with E-state index in [0.29, 0.717) is 23.4 Å². The predicted molar refractivity (Wildman–Crippen MR) is 83.7 cm³/mol.